The smallest absolute Gasteiger partial charge is 0.270 e. The zero-order valence-corrected chi connectivity index (χ0v) is 11.7. The minimum Gasteiger partial charge on any atom is -0.444 e. The van der Waals surface area contributed by atoms with Gasteiger partial charge in [-0.2, -0.15) is 0 Å². The summed E-state index contributed by atoms with van der Waals surface area (Å²) in [6.07, 6.45) is 1.62. The van der Waals surface area contributed by atoms with Crippen LogP contribution < -0.4 is 5.32 Å². The normalized spacial score (nSPS) is 10.6. The van der Waals surface area contributed by atoms with Crippen molar-refractivity contribution >= 4 is 11.6 Å². The van der Waals surface area contributed by atoms with Crippen LogP contribution in [0.1, 0.15) is 41.8 Å². The number of amides is 1. The molecule has 0 fully saturated rings. The van der Waals surface area contributed by atoms with Crippen molar-refractivity contribution in [1.82, 2.24) is 10.3 Å². The van der Waals surface area contributed by atoms with Crippen molar-refractivity contribution in [2.24, 2.45) is 0 Å². The molecule has 0 aliphatic rings. The van der Waals surface area contributed by atoms with Gasteiger partial charge in [0.1, 0.15) is 5.76 Å². The third kappa shape index (κ3) is 3.65. The van der Waals surface area contributed by atoms with E-state index in [2.05, 4.69) is 10.3 Å². The molecule has 0 aliphatic heterocycles. The molecule has 2 aromatic rings. The van der Waals surface area contributed by atoms with Crippen LogP contribution in [-0.2, 0) is 6.54 Å². The maximum atomic E-state index is 11.9. The summed E-state index contributed by atoms with van der Waals surface area (Å²) in [5.74, 6) is 0.953. The summed E-state index contributed by atoms with van der Waals surface area (Å²) in [6, 6.07) is 5.54. The first-order valence-electron chi connectivity index (χ1n) is 6.44. The van der Waals surface area contributed by atoms with Gasteiger partial charge in [-0.3, -0.25) is 14.9 Å². The van der Waals surface area contributed by atoms with Crippen molar-refractivity contribution in [3.8, 4) is 0 Å². The predicted octanol–water partition coefficient (Wildman–Crippen LogP) is 2.64. The second-order valence-corrected chi connectivity index (χ2v) is 4.80. The van der Waals surface area contributed by atoms with Gasteiger partial charge in [0.25, 0.3) is 11.6 Å². The fourth-order valence-electron chi connectivity index (χ4n) is 1.69. The van der Waals surface area contributed by atoms with Crippen molar-refractivity contribution in [3.63, 3.8) is 0 Å². The van der Waals surface area contributed by atoms with E-state index in [1.807, 2.05) is 13.8 Å². The van der Waals surface area contributed by atoms with Crippen molar-refractivity contribution in [2.75, 3.05) is 0 Å². The molecular weight excluding hydrogens is 274 g/mol. The standard InChI is InChI=1S/C14H15N3O4/c1-9(2)12-7-15-13(21-12)8-16-14(18)10-4-3-5-11(6-10)17(19)20/h3-7,9H,8H2,1-2H3,(H,16,18). The maximum absolute atomic E-state index is 11.9. The molecule has 0 unspecified atom stereocenters. The van der Waals surface area contributed by atoms with Gasteiger partial charge in [0.2, 0.25) is 5.89 Å². The van der Waals surface area contributed by atoms with E-state index in [-0.39, 0.29) is 23.7 Å². The number of carbonyl (C=O) groups is 1. The van der Waals surface area contributed by atoms with Gasteiger partial charge in [0.15, 0.2) is 0 Å². The fraction of sp³-hybridized carbons (Fsp3) is 0.286. The lowest BCUT2D eigenvalue weighted by Gasteiger charge is -2.03. The van der Waals surface area contributed by atoms with Crippen molar-refractivity contribution in [3.05, 3.63) is 57.8 Å². The zero-order chi connectivity index (χ0) is 15.4. The molecule has 7 nitrogen and oxygen atoms in total. The van der Waals surface area contributed by atoms with Crippen LogP contribution in [0.5, 0.6) is 0 Å². The summed E-state index contributed by atoms with van der Waals surface area (Å²) in [5, 5.41) is 13.3. The number of carbonyl (C=O) groups excluding carboxylic acids is 1. The molecule has 1 aromatic carbocycles. The van der Waals surface area contributed by atoms with Gasteiger partial charge in [-0.1, -0.05) is 19.9 Å². The van der Waals surface area contributed by atoms with Gasteiger partial charge in [-0.25, -0.2) is 4.98 Å². The molecule has 7 heteroatoms. The molecular formula is C14H15N3O4. The van der Waals surface area contributed by atoms with E-state index in [0.717, 1.165) is 5.76 Å². The molecule has 1 aromatic heterocycles. The van der Waals surface area contributed by atoms with E-state index in [1.165, 1.54) is 24.3 Å². The average Bonchev–Trinajstić information content (AvgIpc) is 2.94. The quantitative estimate of drug-likeness (QED) is 0.674. The Morgan fingerprint density at radius 3 is 2.86 bits per heavy atom. The fourth-order valence-corrected chi connectivity index (χ4v) is 1.69. The second kappa shape index (κ2) is 6.17. The van der Waals surface area contributed by atoms with Crippen LogP contribution in [-0.4, -0.2) is 15.8 Å². The van der Waals surface area contributed by atoms with Crippen LogP contribution in [0.25, 0.3) is 0 Å². The molecule has 0 saturated carbocycles. The SMILES string of the molecule is CC(C)c1cnc(CNC(=O)c2cccc([N+](=O)[O-])c2)o1. The first-order valence-corrected chi connectivity index (χ1v) is 6.44. The Bertz CT molecular complexity index is 664. The number of benzene rings is 1. The Morgan fingerprint density at radius 2 is 2.24 bits per heavy atom. The van der Waals surface area contributed by atoms with Gasteiger partial charge in [0, 0.05) is 23.6 Å². The van der Waals surface area contributed by atoms with E-state index >= 15 is 0 Å². The highest BCUT2D eigenvalue weighted by Crippen LogP contribution is 2.15. The summed E-state index contributed by atoms with van der Waals surface area (Å²) >= 11 is 0. The highest BCUT2D eigenvalue weighted by atomic mass is 16.6. The highest BCUT2D eigenvalue weighted by Gasteiger charge is 2.13. The van der Waals surface area contributed by atoms with Crippen molar-refractivity contribution in [1.29, 1.82) is 0 Å². The third-order valence-electron chi connectivity index (χ3n) is 2.86. The lowest BCUT2D eigenvalue weighted by Crippen LogP contribution is -2.22. The number of nitro benzene ring substituents is 1. The Balaban J connectivity index is 2.01. The number of rotatable bonds is 5. The number of non-ortho nitro benzene ring substituents is 1. The van der Waals surface area contributed by atoms with E-state index < -0.39 is 10.8 Å². The van der Waals surface area contributed by atoms with E-state index in [0.29, 0.717) is 5.89 Å². The monoisotopic (exact) mass is 289 g/mol. The van der Waals surface area contributed by atoms with Gasteiger partial charge in [-0.15, -0.1) is 0 Å². The van der Waals surface area contributed by atoms with Crippen LogP contribution in [0.2, 0.25) is 0 Å². The first-order chi connectivity index (χ1) is 9.97. The van der Waals surface area contributed by atoms with Crippen molar-refractivity contribution in [2.45, 2.75) is 26.3 Å². The largest absolute Gasteiger partial charge is 0.444 e. The number of oxazole rings is 1. The van der Waals surface area contributed by atoms with Gasteiger partial charge in [0.05, 0.1) is 17.7 Å². The van der Waals surface area contributed by atoms with Gasteiger partial charge in [-0.05, 0) is 6.07 Å². The number of aromatic nitrogens is 1. The van der Waals surface area contributed by atoms with E-state index in [1.54, 1.807) is 6.20 Å². The minimum atomic E-state index is -0.542. The molecule has 21 heavy (non-hydrogen) atoms. The van der Waals surface area contributed by atoms with E-state index in [4.69, 9.17) is 4.42 Å². The number of nitrogens with zero attached hydrogens (tertiary/aromatic N) is 2. The van der Waals surface area contributed by atoms with Gasteiger partial charge < -0.3 is 9.73 Å². The predicted molar refractivity (Wildman–Crippen MR) is 74.9 cm³/mol. The summed E-state index contributed by atoms with van der Waals surface area (Å²) in [7, 11) is 0. The number of hydrogen-bond acceptors (Lipinski definition) is 5. The average molecular weight is 289 g/mol. The summed E-state index contributed by atoms with van der Waals surface area (Å²) in [6.45, 7) is 4.09. The maximum Gasteiger partial charge on any atom is 0.270 e. The molecule has 0 spiro atoms. The number of hydrogen-bond donors (Lipinski definition) is 1. The minimum absolute atomic E-state index is 0.124. The summed E-state index contributed by atoms with van der Waals surface area (Å²) < 4.78 is 5.46. The molecule has 0 radical (unpaired) electrons. The second-order valence-electron chi connectivity index (χ2n) is 4.80. The molecule has 1 amide bonds. The Hall–Kier alpha value is -2.70. The molecule has 0 bridgehead atoms. The first kappa shape index (κ1) is 14.7. The van der Waals surface area contributed by atoms with Crippen LogP contribution >= 0.6 is 0 Å². The van der Waals surface area contributed by atoms with Crippen LogP contribution in [0.4, 0.5) is 5.69 Å². The molecule has 110 valence electrons. The number of nitrogens with one attached hydrogen (secondary N) is 1. The molecule has 0 atom stereocenters. The summed E-state index contributed by atoms with van der Waals surface area (Å²) in [4.78, 5) is 26.1. The molecule has 1 N–H and O–H groups in total. The lowest BCUT2D eigenvalue weighted by atomic mass is 10.2. The van der Waals surface area contributed by atoms with Crippen molar-refractivity contribution < 1.29 is 14.1 Å². The Labute approximate surface area is 121 Å². The molecule has 1 heterocycles. The van der Waals surface area contributed by atoms with Crippen LogP contribution in [0, 0.1) is 10.1 Å². The topological polar surface area (TPSA) is 98.3 Å². The van der Waals surface area contributed by atoms with E-state index in [9.17, 15) is 14.9 Å². The molecule has 0 saturated heterocycles. The summed E-state index contributed by atoms with van der Waals surface area (Å²) in [5.41, 5.74) is 0.0979. The van der Waals surface area contributed by atoms with Gasteiger partial charge >= 0.3 is 0 Å². The third-order valence-corrected chi connectivity index (χ3v) is 2.86. The van der Waals surface area contributed by atoms with Crippen LogP contribution in [0.15, 0.2) is 34.9 Å². The zero-order valence-electron chi connectivity index (χ0n) is 11.7. The molecule has 0 aliphatic carbocycles. The number of nitro groups is 1. The highest BCUT2D eigenvalue weighted by molar-refractivity contribution is 5.94. The Morgan fingerprint density at radius 1 is 1.48 bits per heavy atom. The lowest BCUT2D eigenvalue weighted by molar-refractivity contribution is -0.384. The molecule has 2 rings (SSSR count). The van der Waals surface area contributed by atoms with Crippen LogP contribution in [0.3, 0.4) is 0 Å². The Kier molecular flexibility index (Phi) is 4.32.